The number of carbonyl (C=O) groups is 1. The van der Waals surface area contributed by atoms with E-state index in [-0.39, 0.29) is 25.4 Å². The van der Waals surface area contributed by atoms with Gasteiger partial charge in [-0.15, -0.1) is 0 Å². The molecular weight excluding hydrogens is 277 g/mol. The van der Waals surface area contributed by atoms with E-state index in [0.717, 1.165) is 0 Å². The molecule has 0 spiro atoms. The molecule has 1 aliphatic heterocycles. The van der Waals surface area contributed by atoms with Crippen LogP contribution >= 0.6 is 0 Å². The number of rotatable bonds is 2. The van der Waals surface area contributed by atoms with Crippen molar-refractivity contribution in [2.45, 2.75) is 6.04 Å². The van der Waals surface area contributed by atoms with Crippen molar-refractivity contribution in [2.75, 3.05) is 33.0 Å². The lowest BCUT2D eigenvalue weighted by Gasteiger charge is -2.34. The van der Waals surface area contributed by atoms with Crippen LogP contribution in [0.4, 0.5) is 4.39 Å². The normalized spacial score (nSPS) is 18.0. The zero-order valence-electron chi connectivity index (χ0n) is 11.4. The zero-order chi connectivity index (χ0) is 15.2. The van der Waals surface area contributed by atoms with Gasteiger partial charge in [-0.3, -0.25) is 4.79 Å². The Morgan fingerprint density at radius 2 is 2.29 bits per heavy atom. The number of amides is 1. The Morgan fingerprint density at radius 3 is 3.00 bits per heavy atom. The second kappa shape index (κ2) is 7.18. The van der Waals surface area contributed by atoms with Gasteiger partial charge in [0.2, 0.25) is 0 Å². The van der Waals surface area contributed by atoms with Gasteiger partial charge in [-0.2, -0.15) is 0 Å². The molecule has 1 atom stereocenters. The van der Waals surface area contributed by atoms with E-state index in [2.05, 4.69) is 11.8 Å². The van der Waals surface area contributed by atoms with Crippen LogP contribution in [0.5, 0.6) is 0 Å². The number of nitrogens with zero attached hydrogens (tertiary/aromatic N) is 1. The van der Waals surface area contributed by atoms with E-state index < -0.39 is 17.8 Å². The fraction of sp³-hybridized carbons (Fsp3) is 0.400. The monoisotopic (exact) mass is 293 g/mol. The summed E-state index contributed by atoms with van der Waals surface area (Å²) in [6.07, 6.45) is 0. The fourth-order valence-corrected chi connectivity index (χ4v) is 2.14. The maximum Gasteiger partial charge on any atom is 0.257 e. The van der Waals surface area contributed by atoms with Crippen molar-refractivity contribution >= 4 is 5.91 Å². The molecule has 1 aromatic rings. The molecule has 1 saturated heterocycles. The predicted octanol–water partition coefficient (Wildman–Crippen LogP) is 0.00280. The number of morpholine rings is 1. The largest absolute Gasteiger partial charge is 0.394 e. The van der Waals surface area contributed by atoms with Gasteiger partial charge in [0.15, 0.2) is 0 Å². The summed E-state index contributed by atoms with van der Waals surface area (Å²) < 4.78 is 19.1. The van der Waals surface area contributed by atoms with Crippen molar-refractivity contribution in [3.8, 4) is 11.8 Å². The van der Waals surface area contributed by atoms with Crippen molar-refractivity contribution in [3.05, 3.63) is 35.1 Å². The van der Waals surface area contributed by atoms with Crippen molar-refractivity contribution in [1.29, 1.82) is 0 Å². The summed E-state index contributed by atoms with van der Waals surface area (Å²) in [5.41, 5.74) is 0.350. The average molecular weight is 293 g/mol. The highest BCUT2D eigenvalue weighted by molar-refractivity contribution is 5.95. The standard InChI is InChI=1S/C15H16FNO4/c16-14-4-3-11(2-1-6-18)8-13(14)15(20)17-5-7-21-10-12(17)9-19/h3-4,8,12,18-19H,5-7,9-10H2. The molecule has 112 valence electrons. The summed E-state index contributed by atoms with van der Waals surface area (Å²) in [7, 11) is 0. The Kier molecular flexibility index (Phi) is 5.28. The Balaban J connectivity index is 2.29. The third-order valence-electron chi connectivity index (χ3n) is 3.21. The molecule has 1 aromatic carbocycles. The topological polar surface area (TPSA) is 70.0 Å². The second-order valence-corrected chi connectivity index (χ2v) is 4.56. The summed E-state index contributed by atoms with van der Waals surface area (Å²) in [6, 6.07) is 3.49. The van der Waals surface area contributed by atoms with Crippen LogP contribution in [0.3, 0.4) is 0 Å². The minimum absolute atomic E-state index is 0.0971. The Labute approximate surface area is 121 Å². The first-order chi connectivity index (χ1) is 10.2. The van der Waals surface area contributed by atoms with Crippen molar-refractivity contribution < 1.29 is 24.1 Å². The molecule has 2 N–H and O–H groups in total. The SMILES string of the molecule is O=C(c1cc(C#CCO)ccc1F)N1CCOCC1CO. The molecular formula is C15H16FNO4. The molecule has 1 heterocycles. The van der Waals surface area contributed by atoms with Gasteiger partial charge in [-0.05, 0) is 18.2 Å². The van der Waals surface area contributed by atoms with E-state index in [4.69, 9.17) is 9.84 Å². The van der Waals surface area contributed by atoms with Gasteiger partial charge in [-0.25, -0.2) is 4.39 Å². The quantitative estimate of drug-likeness (QED) is 0.753. The molecule has 5 nitrogen and oxygen atoms in total. The first-order valence-electron chi connectivity index (χ1n) is 6.56. The Bertz CT molecular complexity index is 579. The van der Waals surface area contributed by atoms with E-state index >= 15 is 0 Å². The molecule has 1 aliphatic rings. The smallest absolute Gasteiger partial charge is 0.257 e. The van der Waals surface area contributed by atoms with Gasteiger partial charge in [0.1, 0.15) is 12.4 Å². The van der Waals surface area contributed by atoms with E-state index in [9.17, 15) is 14.3 Å². The number of benzene rings is 1. The van der Waals surface area contributed by atoms with Crippen molar-refractivity contribution in [1.82, 2.24) is 4.90 Å². The lowest BCUT2D eigenvalue weighted by atomic mass is 10.1. The highest BCUT2D eigenvalue weighted by atomic mass is 19.1. The molecule has 21 heavy (non-hydrogen) atoms. The van der Waals surface area contributed by atoms with E-state index in [1.54, 1.807) is 0 Å². The predicted molar refractivity (Wildman–Crippen MR) is 73.1 cm³/mol. The number of aliphatic hydroxyl groups is 2. The Morgan fingerprint density at radius 1 is 1.48 bits per heavy atom. The molecule has 1 fully saturated rings. The third kappa shape index (κ3) is 3.58. The van der Waals surface area contributed by atoms with Crippen LogP contribution < -0.4 is 0 Å². The van der Waals surface area contributed by atoms with Gasteiger partial charge in [0, 0.05) is 12.1 Å². The first-order valence-corrected chi connectivity index (χ1v) is 6.56. The van der Waals surface area contributed by atoms with E-state index in [0.29, 0.717) is 18.7 Å². The molecule has 2 rings (SSSR count). The minimum atomic E-state index is -0.641. The summed E-state index contributed by atoms with van der Waals surface area (Å²) in [6.45, 7) is 0.339. The Hall–Kier alpha value is -1.94. The molecule has 0 aliphatic carbocycles. The van der Waals surface area contributed by atoms with Gasteiger partial charge in [0.05, 0.1) is 31.4 Å². The van der Waals surface area contributed by atoms with Crippen molar-refractivity contribution in [3.63, 3.8) is 0 Å². The number of ether oxygens (including phenoxy) is 1. The van der Waals surface area contributed by atoms with E-state index in [1.807, 2.05) is 0 Å². The highest BCUT2D eigenvalue weighted by Crippen LogP contribution is 2.16. The van der Waals surface area contributed by atoms with Crippen LogP contribution in [-0.4, -0.2) is 60.0 Å². The zero-order valence-corrected chi connectivity index (χ0v) is 11.4. The summed E-state index contributed by atoms with van der Waals surface area (Å²) in [5, 5.41) is 17.9. The number of carbonyl (C=O) groups excluding carboxylic acids is 1. The molecule has 1 amide bonds. The highest BCUT2D eigenvalue weighted by Gasteiger charge is 2.29. The van der Waals surface area contributed by atoms with Crippen LogP contribution in [0.25, 0.3) is 0 Å². The van der Waals surface area contributed by atoms with Crippen molar-refractivity contribution in [2.24, 2.45) is 0 Å². The lowest BCUT2D eigenvalue weighted by Crippen LogP contribution is -2.50. The first kappa shape index (κ1) is 15.4. The number of aliphatic hydroxyl groups excluding tert-OH is 2. The maximum absolute atomic E-state index is 13.9. The lowest BCUT2D eigenvalue weighted by molar-refractivity contribution is -0.0185. The van der Waals surface area contributed by atoms with Gasteiger partial charge >= 0.3 is 0 Å². The van der Waals surface area contributed by atoms with Crippen LogP contribution in [0, 0.1) is 17.7 Å². The fourth-order valence-electron chi connectivity index (χ4n) is 2.14. The summed E-state index contributed by atoms with van der Waals surface area (Å²) in [5.74, 6) is 3.94. The maximum atomic E-state index is 13.9. The van der Waals surface area contributed by atoms with Gasteiger partial charge < -0.3 is 19.8 Å². The van der Waals surface area contributed by atoms with Crippen LogP contribution in [0.15, 0.2) is 18.2 Å². The number of hydrogen-bond donors (Lipinski definition) is 2. The third-order valence-corrected chi connectivity index (χ3v) is 3.21. The van der Waals surface area contributed by atoms with Gasteiger partial charge in [0.25, 0.3) is 5.91 Å². The molecule has 1 unspecified atom stereocenters. The van der Waals surface area contributed by atoms with Crippen LogP contribution in [0.1, 0.15) is 15.9 Å². The van der Waals surface area contributed by atoms with E-state index in [1.165, 1.54) is 23.1 Å². The summed E-state index contributed by atoms with van der Waals surface area (Å²) in [4.78, 5) is 13.8. The molecule has 0 radical (unpaired) electrons. The molecule has 0 saturated carbocycles. The van der Waals surface area contributed by atoms with Crippen LogP contribution in [-0.2, 0) is 4.74 Å². The second-order valence-electron chi connectivity index (χ2n) is 4.56. The number of hydrogen-bond acceptors (Lipinski definition) is 4. The summed E-state index contributed by atoms with van der Waals surface area (Å²) >= 11 is 0. The average Bonchev–Trinajstić information content (AvgIpc) is 2.53. The molecule has 6 heteroatoms. The van der Waals surface area contributed by atoms with Crippen LogP contribution in [0.2, 0.25) is 0 Å². The van der Waals surface area contributed by atoms with Gasteiger partial charge in [-0.1, -0.05) is 11.8 Å². The molecule has 0 bridgehead atoms. The molecule has 0 aromatic heterocycles. The number of halogens is 1. The minimum Gasteiger partial charge on any atom is -0.394 e.